The van der Waals surface area contributed by atoms with Crippen LogP contribution in [0.1, 0.15) is 50.5 Å². The number of halogens is 1. The van der Waals surface area contributed by atoms with Gasteiger partial charge in [-0.15, -0.1) is 0 Å². The number of benzene rings is 2. The highest BCUT2D eigenvalue weighted by atomic mass is 35.5. The van der Waals surface area contributed by atoms with E-state index in [0.29, 0.717) is 48.9 Å². The SMILES string of the molecule is O=C(C1CCC1)N(Cc1ccc(OCCn2nc(-c3ccc(O)c(Cl)c3)nc2-c2ccncc2)cc1)C1CCCC1. The van der Waals surface area contributed by atoms with Crippen molar-refractivity contribution in [3.05, 3.63) is 77.6 Å². The van der Waals surface area contributed by atoms with Gasteiger partial charge in [-0.2, -0.15) is 5.10 Å². The highest BCUT2D eigenvalue weighted by Crippen LogP contribution is 2.33. The molecule has 2 fully saturated rings. The number of nitrogens with zero attached hydrogens (tertiary/aromatic N) is 5. The lowest BCUT2D eigenvalue weighted by Crippen LogP contribution is -2.43. The first-order valence-electron chi connectivity index (χ1n) is 14.4. The number of amides is 1. The van der Waals surface area contributed by atoms with Crippen LogP contribution < -0.4 is 4.74 Å². The molecule has 212 valence electrons. The molecule has 2 heterocycles. The number of carbonyl (C=O) groups is 1. The quantitative estimate of drug-likeness (QED) is 0.233. The van der Waals surface area contributed by atoms with Crippen LogP contribution in [-0.4, -0.2) is 48.3 Å². The third kappa shape index (κ3) is 6.22. The molecule has 2 aromatic carbocycles. The first-order chi connectivity index (χ1) is 20.0. The smallest absolute Gasteiger partial charge is 0.226 e. The average Bonchev–Trinajstić information content (AvgIpc) is 3.64. The topological polar surface area (TPSA) is 93.4 Å². The first-order valence-corrected chi connectivity index (χ1v) is 14.8. The number of aromatic hydroxyl groups is 1. The van der Waals surface area contributed by atoms with Gasteiger partial charge in [0, 0.05) is 42.0 Å². The summed E-state index contributed by atoms with van der Waals surface area (Å²) in [7, 11) is 0. The van der Waals surface area contributed by atoms with Crippen molar-refractivity contribution in [2.75, 3.05) is 6.61 Å². The second-order valence-corrected chi connectivity index (χ2v) is 11.3. The molecule has 0 aliphatic heterocycles. The van der Waals surface area contributed by atoms with Crippen LogP contribution in [-0.2, 0) is 17.9 Å². The predicted octanol–water partition coefficient (Wildman–Crippen LogP) is 6.52. The van der Waals surface area contributed by atoms with Gasteiger partial charge >= 0.3 is 0 Å². The third-order valence-electron chi connectivity index (χ3n) is 8.17. The highest BCUT2D eigenvalue weighted by molar-refractivity contribution is 6.32. The summed E-state index contributed by atoms with van der Waals surface area (Å²) in [5.41, 5.74) is 2.72. The molecule has 0 spiro atoms. The third-order valence-corrected chi connectivity index (χ3v) is 8.47. The standard InChI is InChI=1S/C32H34ClN5O3/c33-28-20-25(10-13-29(28)39)30-35-31(23-14-16-34-17-15-23)38(36-30)18-19-41-27-11-8-22(9-12-27)21-37(26-6-1-2-7-26)32(40)24-4-3-5-24/h8-17,20,24,26,39H,1-7,18-19,21H2. The van der Waals surface area contributed by atoms with Crippen LogP contribution in [0, 0.1) is 5.92 Å². The Kier molecular flexibility index (Phi) is 8.19. The monoisotopic (exact) mass is 571 g/mol. The van der Waals surface area contributed by atoms with Crippen LogP contribution in [0.2, 0.25) is 5.02 Å². The van der Waals surface area contributed by atoms with Crippen molar-refractivity contribution in [1.82, 2.24) is 24.6 Å². The molecule has 2 aromatic heterocycles. The Morgan fingerprint density at radius 2 is 1.73 bits per heavy atom. The van der Waals surface area contributed by atoms with E-state index >= 15 is 0 Å². The molecule has 9 heteroatoms. The number of phenols is 1. The van der Waals surface area contributed by atoms with E-state index in [1.54, 1.807) is 24.5 Å². The fourth-order valence-corrected chi connectivity index (χ4v) is 5.79. The van der Waals surface area contributed by atoms with E-state index in [-0.39, 0.29) is 16.7 Å². The maximum absolute atomic E-state index is 13.2. The van der Waals surface area contributed by atoms with Gasteiger partial charge in [-0.3, -0.25) is 9.78 Å². The maximum atomic E-state index is 13.2. The Labute approximate surface area is 245 Å². The number of hydrogen-bond donors (Lipinski definition) is 1. The van der Waals surface area contributed by atoms with Crippen molar-refractivity contribution in [3.63, 3.8) is 0 Å². The van der Waals surface area contributed by atoms with Crippen molar-refractivity contribution in [2.24, 2.45) is 5.92 Å². The van der Waals surface area contributed by atoms with E-state index in [0.717, 1.165) is 42.6 Å². The number of hydrogen-bond acceptors (Lipinski definition) is 6. The number of pyridine rings is 1. The zero-order chi connectivity index (χ0) is 28.2. The fourth-order valence-electron chi connectivity index (χ4n) is 5.61. The van der Waals surface area contributed by atoms with Crippen LogP contribution in [0.15, 0.2) is 67.0 Å². The number of carbonyl (C=O) groups excluding carboxylic acids is 1. The molecule has 0 radical (unpaired) electrons. The van der Waals surface area contributed by atoms with Crippen LogP contribution in [0.4, 0.5) is 0 Å². The average molecular weight is 572 g/mol. The summed E-state index contributed by atoms with van der Waals surface area (Å²) in [5, 5.41) is 14.8. The molecule has 2 saturated carbocycles. The van der Waals surface area contributed by atoms with Crippen molar-refractivity contribution >= 4 is 17.5 Å². The lowest BCUT2D eigenvalue weighted by Gasteiger charge is -2.35. The predicted molar refractivity (Wildman–Crippen MR) is 157 cm³/mol. The summed E-state index contributed by atoms with van der Waals surface area (Å²) >= 11 is 6.13. The lowest BCUT2D eigenvalue weighted by atomic mass is 9.84. The van der Waals surface area contributed by atoms with Gasteiger partial charge < -0.3 is 14.7 Å². The summed E-state index contributed by atoms with van der Waals surface area (Å²) in [6, 6.07) is 17.2. The van der Waals surface area contributed by atoms with E-state index in [9.17, 15) is 9.90 Å². The van der Waals surface area contributed by atoms with Gasteiger partial charge in [0.2, 0.25) is 5.91 Å². The molecule has 4 aromatic rings. The van der Waals surface area contributed by atoms with Crippen LogP contribution in [0.5, 0.6) is 11.5 Å². The highest BCUT2D eigenvalue weighted by Gasteiger charge is 2.34. The fraction of sp³-hybridized carbons (Fsp3) is 0.375. The molecule has 1 N–H and O–H groups in total. The van der Waals surface area contributed by atoms with E-state index < -0.39 is 0 Å². The second-order valence-electron chi connectivity index (χ2n) is 10.9. The summed E-state index contributed by atoms with van der Waals surface area (Å²) in [6.07, 6.45) is 11.3. The Bertz CT molecular complexity index is 1480. The molecule has 0 unspecified atom stereocenters. The summed E-state index contributed by atoms with van der Waals surface area (Å²) in [4.78, 5) is 24.2. The van der Waals surface area contributed by atoms with Gasteiger partial charge in [-0.1, -0.05) is 43.0 Å². The van der Waals surface area contributed by atoms with Crippen LogP contribution in [0.3, 0.4) is 0 Å². The Hall–Kier alpha value is -3.91. The minimum atomic E-state index is 0.0137. The lowest BCUT2D eigenvalue weighted by molar-refractivity contribution is -0.141. The number of rotatable bonds is 10. The van der Waals surface area contributed by atoms with E-state index in [1.165, 1.54) is 25.3 Å². The van der Waals surface area contributed by atoms with Gasteiger partial charge in [-0.25, -0.2) is 9.67 Å². The normalized spacial score (nSPS) is 15.5. The van der Waals surface area contributed by atoms with Crippen molar-refractivity contribution in [3.8, 4) is 34.3 Å². The van der Waals surface area contributed by atoms with E-state index in [2.05, 4.69) is 22.0 Å². The Balaban J connectivity index is 1.12. The van der Waals surface area contributed by atoms with Crippen molar-refractivity contribution < 1.29 is 14.6 Å². The molecule has 0 saturated heterocycles. The van der Waals surface area contributed by atoms with Gasteiger partial charge in [0.15, 0.2) is 11.6 Å². The molecule has 1 amide bonds. The summed E-state index contributed by atoms with van der Waals surface area (Å²) < 4.78 is 7.90. The van der Waals surface area contributed by atoms with E-state index in [4.69, 9.17) is 26.4 Å². The van der Waals surface area contributed by atoms with Gasteiger partial charge in [0.25, 0.3) is 0 Å². The minimum absolute atomic E-state index is 0.0137. The van der Waals surface area contributed by atoms with Gasteiger partial charge in [-0.05, 0) is 73.7 Å². The molecular formula is C32H34ClN5O3. The first kappa shape index (κ1) is 27.3. The molecule has 41 heavy (non-hydrogen) atoms. The molecule has 6 rings (SSSR count). The molecule has 8 nitrogen and oxygen atoms in total. The molecule has 2 aliphatic carbocycles. The molecular weight excluding hydrogens is 538 g/mol. The molecule has 0 atom stereocenters. The molecule has 0 bridgehead atoms. The largest absolute Gasteiger partial charge is 0.506 e. The minimum Gasteiger partial charge on any atom is -0.506 e. The zero-order valence-corrected chi connectivity index (χ0v) is 23.7. The Morgan fingerprint density at radius 3 is 2.41 bits per heavy atom. The molecule has 2 aliphatic rings. The van der Waals surface area contributed by atoms with Crippen molar-refractivity contribution in [2.45, 2.75) is 64.1 Å². The van der Waals surface area contributed by atoms with E-state index in [1.807, 2.05) is 28.9 Å². The summed E-state index contributed by atoms with van der Waals surface area (Å²) in [6.45, 7) is 1.53. The number of phenolic OH excluding ortho intramolecular Hbond substituents is 1. The number of aromatic nitrogens is 4. The van der Waals surface area contributed by atoms with Crippen LogP contribution in [0.25, 0.3) is 22.8 Å². The second kappa shape index (κ2) is 12.3. The van der Waals surface area contributed by atoms with Crippen molar-refractivity contribution in [1.29, 1.82) is 0 Å². The van der Waals surface area contributed by atoms with Crippen LogP contribution >= 0.6 is 11.6 Å². The Morgan fingerprint density at radius 1 is 0.976 bits per heavy atom. The zero-order valence-electron chi connectivity index (χ0n) is 23.0. The number of ether oxygens (including phenoxy) is 1. The summed E-state index contributed by atoms with van der Waals surface area (Å²) in [5.74, 6) is 2.54. The van der Waals surface area contributed by atoms with Gasteiger partial charge in [0.1, 0.15) is 18.1 Å². The maximum Gasteiger partial charge on any atom is 0.226 e. The van der Waals surface area contributed by atoms with Gasteiger partial charge in [0.05, 0.1) is 11.6 Å².